The number of aryl methyl sites for hydroxylation is 12. The third kappa shape index (κ3) is 25.9. The Morgan fingerprint density at radius 3 is 0.911 bits per heavy atom. The van der Waals surface area contributed by atoms with E-state index in [4.69, 9.17) is 63.1 Å². The zero-order chi connectivity index (χ0) is 120. The van der Waals surface area contributed by atoms with Crippen molar-refractivity contribution in [1.29, 1.82) is 0 Å². The Morgan fingerprint density at radius 2 is 0.571 bits per heavy atom. The second kappa shape index (κ2) is 45.3. The second-order valence-electron chi connectivity index (χ2n) is 25.3. The van der Waals surface area contributed by atoms with Crippen LogP contribution in [0.1, 0.15) is 137 Å². The maximum Gasteiger partial charge on any atom is 0.0456 e. The summed E-state index contributed by atoms with van der Waals surface area (Å²) in [6, 6.07) is 51.2. The molecule has 0 saturated heterocycles. The summed E-state index contributed by atoms with van der Waals surface area (Å²) in [4.78, 5) is 25.4. The van der Waals surface area contributed by atoms with Crippen LogP contribution < -0.4 is 26.6 Å². The molecular formula is C96H128N16. The van der Waals surface area contributed by atoms with E-state index >= 15 is 0 Å². The summed E-state index contributed by atoms with van der Waals surface area (Å²) in [5.41, 5.74) is 13.7. The van der Waals surface area contributed by atoms with Crippen molar-refractivity contribution in [3.63, 3.8) is 0 Å². The molecule has 592 valence electrons. The van der Waals surface area contributed by atoms with Gasteiger partial charge in [-0.3, -0.25) is 0 Å². The third-order valence-electron chi connectivity index (χ3n) is 16.9. The molecule has 112 heavy (non-hydrogen) atoms. The molecule has 0 radical (unpaired) electrons. The highest BCUT2D eigenvalue weighted by Gasteiger charge is 2.10. The highest BCUT2D eigenvalue weighted by molar-refractivity contribution is 5.88. The highest BCUT2D eigenvalue weighted by Crippen LogP contribution is 2.26. The lowest BCUT2D eigenvalue weighted by molar-refractivity contribution is 0.414. The van der Waals surface area contributed by atoms with Gasteiger partial charge in [-0.05, 0) is 305 Å². The molecule has 16 heteroatoms. The summed E-state index contributed by atoms with van der Waals surface area (Å²) in [6.07, 6.45) is 0.366. The first kappa shape index (κ1) is 42.6. The molecule has 0 atom stereocenters. The Balaban J connectivity index is 0.000000200. The molecule has 0 aliphatic carbocycles. The van der Waals surface area contributed by atoms with Crippen molar-refractivity contribution in [3.8, 4) is 0 Å². The number of rotatable bonds is 25. The molecule has 16 aromatic rings. The number of fused-ring (bicyclic) bond motifs is 8. The Morgan fingerprint density at radius 1 is 0.295 bits per heavy atom. The zero-order valence-corrected chi connectivity index (χ0v) is 63.7. The van der Waals surface area contributed by atoms with Gasteiger partial charge in [0, 0.05) is 219 Å². The Hall–Kier alpha value is -10.2. The van der Waals surface area contributed by atoms with E-state index in [1.54, 1.807) is 133 Å². The van der Waals surface area contributed by atoms with Crippen LogP contribution in [0.2, 0.25) is 0 Å². The fraction of sp³-hybridized carbons (Fsp3) is 0.333. The highest BCUT2D eigenvalue weighted by atomic mass is 15.1. The van der Waals surface area contributed by atoms with E-state index in [1.807, 2.05) is 88.6 Å². The lowest BCUT2D eigenvalue weighted by atomic mass is 10.1. The topological polar surface area (TPSA) is 196 Å². The summed E-state index contributed by atoms with van der Waals surface area (Å²) in [5, 5.41) is 16.2. The van der Waals surface area contributed by atoms with Crippen molar-refractivity contribution in [1.82, 2.24) is 81.2 Å². The molecule has 0 aliphatic heterocycles. The molecule has 0 fully saturated rings. The van der Waals surface area contributed by atoms with Crippen LogP contribution in [0.15, 0.2) is 219 Å². The van der Waals surface area contributed by atoms with Crippen LogP contribution in [0.3, 0.4) is 0 Å². The summed E-state index contributed by atoms with van der Waals surface area (Å²) >= 11 is 0. The lowest BCUT2D eigenvalue weighted by Gasteiger charge is -2.08. The van der Waals surface area contributed by atoms with Crippen LogP contribution in [0.4, 0.5) is 0 Å². The maximum atomic E-state index is 8.23. The Bertz CT molecular complexity index is 7410. The molecular weight excluding hydrogens is 1380 g/mol. The van der Waals surface area contributed by atoms with Crippen LogP contribution in [-0.4, -0.2) is 183 Å². The van der Waals surface area contributed by atoms with Crippen molar-refractivity contribution in [2.24, 2.45) is 0 Å². The number of benzene rings is 8. The van der Waals surface area contributed by atoms with Gasteiger partial charge < -0.3 is 81.2 Å². The first-order valence-electron chi connectivity index (χ1n) is 58.4. The molecule has 16 rings (SSSR count). The maximum absolute atomic E-state index is 8.23. The van der Waals surface area contributed by atoms with Gasteiger partial charge in [-0.2, -0.15) is 0 Å². The molecule has 0 bridgehead atoms. The van der Waals surface area contributed by atoms with Gasteiger partial charge in [0.15, 0.2) is 0 Å². The van der Waals surface area contributed by atoms with Gasteiger partial charge in [-0.15, -0.1) is 0 Å². The normalized spacial score (nSPS) is 19.7. The van der Waals surface area contributed by atoms with Gasteiger partial charge in [0.25, 0.3) is 0 Å². The van der Waals surface area contributed by atoms with E-state index in [0.29, 0.717) is 77.2 Å². The first-order valence-corrected chi connectivity index (χ1v) is 35.4. The van der Waals surface area contributed by atoms with E-state index in [9.17, 15) is 0 Å². The molecule has 8 heterocycles. The van der Waals surface area contributed by atoms with E-state index in [2.05, 4.69) is 74.8 Å². The van der Waals surface area contributed by atoms with Gasteiger partial charge in [-0.25, -0.2) is 0 Å². The number of para-hydroxylation sites is 4. The van der Waals surface area contributed by atoms with Gasteiger partial charge in [0.1, 0.15) is 0 Å². The van der Waals surface area contributed by atoms with Gasteiger partial charge in [0.05, 0.1) is 0 Å². The quantitative estimate of drug-likeness (QED) is 0.0265. The fourth-order valence-electron chi connectivity index (χ4n) is 11.5. The van der Waals surface area contributed by atoms with Crippen molar-refractivity contribution >= 4 is 87.2 Å². The number of likely N-dealkylation sites (N-methyl/N-ethyl adjacent to an activating group) is 8. The smallest absolute Gasteiger partial charge is 0.0456 e. The minimum atomic E-state index is -3.14. The summed E-state index contributed by atoms with van der Waals surface area (Å²) in [7, 11) is 6.67. The average molecular weight is 1550 g/mol. The van der Waals surface area contributed by atoms with Crippen LogP contribution in [-0.2, 0) is 51.1 Å². The Kier molecular flexibility index (Phi) is 17.2. The minimum Gasteiger partial charge on any atom is -0.361 e. The molecule has 16 nitrogen and oxygen atoms in total. The van der Waals surface area contributed by atoms with Crippen molar-refractivity contribution in [3.05, 3.63) is 286 Å². The lowest BCUT2D eigenvalue weighted by Crippen LogP contribution is -2.15. The third-order valence-corrected chi connectivity index (χ3v) is 16.9. The number of hydrogen-bond donors (Lipinski definition) is 13. The Labute approximate surface area is 730 Å². The fourth-order valence-corrected chi connectivity index (χ4v) is 11.5. The molecule has 13 N–H and O–H groups in total. The van der Waals surface area contributed by atoms with Crippen molar-refractivity contribution < 1.29 is 63.1 Å². The van der Waals surface area contributed by atoms with Gasteiger partial charge in [0.2, 0.25) is 0 Å². The number of aromatic amines is 8. The number of nitrogens with one attached hydrogen (secondary N) is 13. The van der Waals surface area contributed by atoms with Crippen LogP contribution >= 0.6 is 0 Å². The summed E-state index contributed by atoms with van der Waals surface area (Å²) in [5.74, 6) is 0. The van der Waals surface area contributed by atoms with Crippen LogP contribution in [0.25, 0.3) is 87.2 Å². The van der Waals surface area contributed by atoms with E-state index in [1.165, 1.54) is 49.2 Å². The molecule has 0 saturated carbocycles. The second-order valence-corrected chi connectivity index (χ2v) is 25.3. The summed E-state index contributed by atoms with van der Waals surface area (Å²) < 4.78 is 352. The zero-order valence-electron chi connectivity index (χ0n) is 110. The number of aromatic nitrogens is 8. The van der Waals surface area contributed by atoms with Crippen LogP contribution in [0.5, 0.6) is 0 Å². The van der Waals surface area contributed by atoms with Crippen LogP contribution in [0, 0.1) is 27.7 Å². The molecule has 0 aliphatic rings. The largest absolute Gasteiger partial charge is 0.361 e. The standard InChI is InChI=1S/C13H18N2.6C12H16N2.C11H14N2/c1-10-4-5-13-12(8-10)11(9-14-13)6-7-15(2)3;3*1-9-3-4-12-11(7-9)10(8-14-12)5-6-13-2;2*1-14(2)8-7-10-9-13-12-6-4-3-5-11(10)12;1-2-13-8-7-10-9-14-12-6-4-3-5-11(10)12;1-12-7-6-9-8-13-11-5-3-2-4-10(9)11/h4-5,8-9,14H,6-7H2,1-3H3;3*3-4,7-8,13-14H,5-6H2,1-2H3;2*3-6,9,13H,7-8H2,1-2H3;3-6,9,13-14H,2,7-8H2,1H3;2-5,8,12-13H,6-7H2,1H3/i2D3,6D2,7D2;2D3,5D2,6D2;2*6D2;1D3,7D2,8D2;1D3,8D2;1D3,2D2,7D2,8D2;1D3,6D2,7D2. The number of H-pyrrole nitrogens is 8. The number of nitrogens with zero attached hydrogens (tertiary/aromatic N) is 3. The molecule has 8 aromatic carbocycles. The molecule has 8 aromatic heterocycles. The monoisotopic (exact) mass is 1550 g/mol. The number of hydrogen-bond acceptors (Lipinski definition) is 8. The molecule has 0 amide bonds. The average Bonchev–Trinajstić information content (AvgIpc) is 1.54. The predicted molar refractivity (Wildman–Crippen MR) is 485 cm³/mol. The minimum absolute atomic E-state index is 0.0197. The first-order chi connectivity index (χ1) is 71.9. The van der Waals surface area contributed by atoms with Gasteiger partial charge >= 0.3 is 0 Å². The van der Waals surface area contributed by atoms with Crippen molar-refractivity contribution in [2.75, 3.05) is 129 Å². The van der Waals surface area contributed by atoms with E-state index in [0.717, 1.165) is 79.5 Å². The molecule has 0 unspecified atom stereocenters. The SMILES string of the molecule is [2H]C([2H])(Cc1c[nH]c2ccc(C)cc12)NC.[2H]C([2H])(Cc1c[nH]c2ccc(C)cc12)NC.[2H]C([2H])([2H])C([2H])([2H])NC([2H])([2H])C([2H])([2H])c1c[nH]c2ccccc12.[2H]C([2H])([2H])N(C)C([2H])([2H])C([2H])([2H])c1c[nH]c2ccc(C)cc12.[2H]C([2H])([2H])N(C)C([2H])([2H])C([2H])([2H])c1c[nH]c2ccccc12.[2H]C([2H])([2H])N(C)C([2H])([2H])Cc1c[nH]c2ccccc12.[2H]C([2H])([2H])NC([2H])([2H])C([2H])([2H])c1c[nH]c2ccc(C)cc12.[2H]C([2H])([2H])NC([2H])([2H])C([2H])([2H])c1c[nH]c2ccccc12. The summed E-state index contributed by atoms with van der Waals surface area (Å²) in [6.45, 7) is -30.4. The van der Waals surface area contributed by atoms with E-state index < -0.39 is 132 Å². The van der Waals surface area contributed by atoms with Crippen molar-refractivity contribution in [2.45, 2.75) is 85.7 Å². The van der Waals surface area contributed by atoms with Gasteiger partial charge in [-0.1, -0.05) is 126 Å². The molecule has 0 spiro atoms. The predicted octanol–water partition coefficient (Wildman–Crippen LogP) is 18.1. The van der Waals surface area contributed by atoms with E-state index in [-0.39, 0.29) is 34.2 Å².